The summed E-state index contributed by atoms with van der Waals surface area (Å²) in [5.41, 5.74) is 1.65. The topological polar surface area (TPSA) is 94.3 Å². The van der Waals surface area contributed by atoms with Crippen LogP contribution in [0.4, 0.5) is 0 Å². The number of benzene rings is 1. The minimum Gasteiger partial charge on any atom is -0.364 e. The van der Waals surface area contributed by atoms with E-state index >= 15 is 0 Å². The molecule has 31 heavy (non-hydrogen) atoms. The third-order valence-electron chi connectivity index (χ3n) is 5.23. The number of hydrogen-bond donors (Lipinski definition) is 1. The molecule has 3 rings (SSSR count). The summed E-state index contributed by atoms with van der Waals surface area (Å²) in [6.07, 6.45) is 1.38. The summed E-state index contributed by atoms with van der Waals surface area (Å²) in [7, 11) is 2.45. The van der Waals surface area contributed by atoms with E-state index in [1.54, 1.807) is 13.1 Å². The molecule has 11 heteroatoms. The highest BCUT2D eigenvalue weighted by Crippen LogP contribution is 2.17. The van der Waals surface area contributed by atoms with Crippen molar-refractivity contribution in [2.24, 2.45) is 4.99 Å². The van der Waals surface area contributed by atoms with E-state index < -0.39 is 10.0 Å². The Kier molecular flexibility index (Phi) is 9.72. The molecular formula is C20H31IN6O3S. The van der Waals surface area contributed by atoms with E-state index in [9.17, 15) is 8.42 Å². The van der Waals surface area contributed by atoms with Crippen LogP contribution in [0.1, 0.15) is 17.3 Å². The summed E-state index contributed by atoms with van der Waals surface area (Å²) in [5, 5.41) is 7.16. The van der Waals surface area contributed by atoms with Gasteiger partial charge in [0.25, 0.3) is 0 Å². The van der Waals surface area contributed by atoms with E-state index in [1.165, 1.54) is 16.1 Å². The number of rotatable bonds is 7. The summed E-state index contributed by atoms with van der Waals surface area (Å²) >= 11 is 0. The normalized spacial score (nSPS) is 16.8. The van der Waals surface area contributed by atoms with Crippen molar-refractivity contribution in [3.8, 4) is 0 Å². The average molecular weight is 562 g/mol. The van der Waals surface area contributed by atoms with E-state index in [2.05, 4.69) is 51.5 Å². The third-order valence-corrected chi connectivity index (χ3v) is 7.04. The first-order valence-electron chi connectivity index (χ1n) is 9.95. The standard InChI is InChI=1S/C20H30N6O3S.HI/c1-21-20(22-15-19(24(2)3)17-7-5-4-6-8-17)25-10-12-26(13-11-25)30(27,28)16-18-9-14-29-23-18;/h4-9,14,19H,10-13,15-16H2,1-3H3,(H,21,22);1H. The van der Waals surface area contributed by atoms with Gasteiger partial charge in [-0.1, -0.05) is 35.5 Å². The first kappa shape index (κ1) is 25.6. The first-order chi connectivity index (χ1) is 14.4. The number of sulfonamides is 1. The molecule has 172 valence electrons. The van der Waals surface area contributed by atoms with Crippen LogP contribution in [0.25, 0.3) is 0 Å². The largest absolute Gasteiger partial charge is 0.364 e. The maximum atomic E-state index is 12.6. The molecular weight excluding hydrogens is 531 g/mol. The maximum Gasteiger partial charge on any atom is 0.220 e. The lowest BCUT2D eigenvalue weighted by atomic mass is 10.1. The van der Waals surface area contributed by atoms with Gasteiger partial charge in [0.15, 0.2) is 5.96 Å². The second-order valence-electron chi connectivity index (χ2n) is 7.45. The van der Waals surface area contributed by atoms with Crippen molar-refractivity contribution in [1.29, 1.82) is 0 Å². The molecule has 1 unspecified atom stereocenters. The summed E-state index contributed by atoms with van der Waals surface area (Å²) in [6, 6.07) is 12.1. The van der Waals surface area contributed by atoms with E-state index in [-0.39, 0.29) is 35.8 Å². The van der Waals surface area contributed by atoms with Gasteiger partial charge in [0.05, 0.1) is 11.7 Å². The van der Waals surface area contributed by atoms with Crippen molar-refractivity contribution < 1.29 is 12.9 Å². The van der Waals surface area contributed by atoms with Gasteiger partial charge in [0.2, 0.25) is 10.0 Å². The van der Waals surface area contributed by atoms with Crippen LogP contribution in [0.2, 0.25) is 0 Å². The molecule has 1 aromatic carbocycles. The van der Waals surface area contributed by atoms with Crippen LogP contribution in [0.15, 0.2) is 52.2 Å². The Bertz CT molecular complexity index is 914. The van der Waals surface area contributed by atoms with Gasteiger partial charge in [-0.2, -0.15) is 4.31 Å². The van der Waals surface area contributed by atoms with Crippen LogP contribution in [0, 0.1) is 0 Å². The van der Waals surface area contributed by atoms with Crippen molar-refractivity contribution >= 4 is 40.0 Å². The molecule has 0 spiro atoms. The van der Waals surface area contributed by atoms with Gasteiger partial charge in [-0.05, 0) is 19.7 Å². The van der Waals surface area contributed by atoms with Crippen LogP contribution >= 0.6 is 24.0 Å². The fourth-order valence-electron chi connectivity index (χ4n) is 3.56. The Morgan fingerprint density at radius 1 is 1.19 bits per heavy atom. The third kappa shape index (κ3) is 6.89. The molecule has 0 radical (unpaired) electrons. The van der Waals surface area contributed by atoms with Gasteiger partial charge in [-0.15, -0.1) is 24.0 Å². The molecule has 9 nitrogen and oxygen atoms in total. The zero-order valence-corrected chi connectivity index (χ0v) is 21.3. The van der Waals surface area contributed by atoms with Crippen LogP contribution in [0.3, 0.4) is 0 Å². The lowest BCUT2D eigenvalue weighted by Gasteiger charge is -2.36. The van der Waals surface area contributed by atoms with Crippen LogP contribution in [-0.2, 0) is 15.8 Å². The lowest BCUT2D eigenvalue weighted by Crippen LogP contribution is -2.54. The van der Waals surface area contributed by atoms with Crippen LogP contribution in [-0.4, -0.2) is 87.5 Å². The fraction of sp³-hybridized carbons (Fsp3) is 0.500. The Morgan fingerprint density at radius 3 is 2.42 bits per heavy atom. The molecule has 0 saturated carbocycles. The van der Waals surface area contributed by atoms with Crippen LogP contribution < -0.4 is 5.32 Å². The number of hydrogen-bond acceptors (Lipinski definition) is 6. The zero-order valence-electron chi connectivity index (χ0n) is 18.1. The predicted molar refractivity (Wildman–Crippen MR) is 132 cm³/mol. The Labute approximate surface area is 201 Å². The van der Waals surface area contributed by atoms with Crippen molar-refractivity contribution in [3.63, 3.8) is 0 Å². The number of piperazine rings is 1. The maximum absolute atomic E-state index is 12.6. The number of likely N-dealkylation sites (N-methyl/N-ethyl adjacent to an activating group) is 1. The van der Waals surface area contributed by atoms with Crippen molar-refractivity contribution in [2.45, 2.75) is 11.8 Å². The highest BCUT2D eigenvalue weighted by molar-refractivity contribution is 14.0. The molecule has 2 heterocycles. The molecule has 1 atom stereocenters. The number of nitrogens with one attached hydrogen (secondary N) is 1. The van der Waals surface area contributed by atoms with Gasteiger partial charge >= 0.3 is 0 Å². The van der Waals surface area contributed by atoms with Gasteiger partial charge in [-0.25, -0.2) is 8.42 Å². The minimum absolute atomic E-state index is 0. The number of guanidine groups is 1. The number of aromatic nitrogens is 1. The van der Waals surface area contributed by atoms with Gasteiger partial charge in [-0.3, -0.25) is 4.99 Å². The predicted octanol–water partition coefficient (Wildman–Crippen LogP) is 1.62. The molecule has 1 N–H and O–H groups in total. The summed E-state index contributed by atoms with van der Waals surface area (Å²) < 4.78 is 31.5. The molecule has 1 fully saturated rings. The van der Waals surface area contributed by atoms with E-state index in [0.29, 0.717) is 38.4 Å². The Hall–Kier alpha value is -1.70. The van der Waals surface area contributed by atoms with Gasteiger partial charge in [0, 0.05) is 45.8 Å². The van der Waals surface area contributed by atoms with E-state index in [0.717, 1.165) is 5.96 Å². The smallest absolute Gasteiger partial charge is 0.220 e. The van der Waals surface area contributed by atoms with Gasteiger partial charge in [0.1, 0.15) is 12.0 Å². The second-order valence-corrected chi connectivity index (χ2v) is 9.42. The zero-order chi connectivity index (χ0) is 21.6. The number of aliphatic imine (C=N–C) groups is 1. The molecule has 0 amide bonds. The highest BCUT2D eigenvalue weighted by atomic mass is 127. The SMILES string of the molecule is CN=C(NCC(c1ccccc1)N(C)C)N1CCN(S(=O)(=O)Cc2ccon2)CC1.I. The van der Waals surface area contributed by atoms with Crippen molar-refractivity contribution in [2.75, 3.05) is 53.9 Å². The van der Waals surface area contributed by atoms with Crippen molar-refractivity contribution in [3.05, 3.63) is 53.9 Å². The Morgan fingerprint density at radius 2 is 1.87 bits per heavy atom. The minimum atomic E-state index is -3.42. The first-order valence-corrected chi connectivity index (χ1v) is 11.6. The summed E-state index contributed by atoms with van der Waals surface area (Å²) in [6.45, 7) is 2.69. The molecule has 0 aliphatic carbocycles. The molecule has 1 saturated heterocycles. The Balaban J connectivity index is 0.00000341. The highest BCUT2D eigenvalue weighted by Gasteiger charge is 2.29. The molecule has 1 aliphatic heterocycles. The van der Waals surface area contributed by atoms with E-state index in [4.69, 9.17) is 4.52 Å². The number of halogens is 1. The molecule has 2 aromatic rings. The quantitative estimate of drug-likeness (QED) is 0.312. The molecule has 0 bridgehead atoms. The van der Waals surface area contributed by atoms with E-state index in [1.807, 2.05) is 18.2 Å². The molecule has 1 aromatic heterocycles. The molecule has 1 aliphatic rings. The second kappa shape index (κ2) is 11.8. The fourth-order valence-corrected chi connectivity index (χ4v) is 4.99. The van der Waals surface area contributed by atoms with Crippen LogP contribution in [0.5, 0.6) is 0 Å². The van der Waals surface area contributed by atoms with Gasteiger partial charge < -0.3 is 19.6 Å². The monoisotopic (exact) mass is 562 g/mol. The lowest BCUT2D eigenvalue weighted by molar-refractivity contribution is 0.254. The van der Waals surface area contributed by atoms with Crippen molar-refractivity contribution in [1.82, 2.24) is 24.6 Å². The summed E-state index contributed by atoms with van der Waals surface area (Å²) in [4.78, 5) is 8.68. The number of nitrogens with zero attached hydrogens (tertiary/aromatic N) is 5. The summed E-state index contributed by atoms with van der Waals surface area (Å²) in [5.74, 6) is 0.643. The average Bonchev–Trinajstić information content (AvgIpc) is 3.24.